The SMILES string of the molecule is CC[C@H]1C2=CC3=C(C)C4=C(O)CC(=C5N=C(C=C6N=C(C=C(N2)[C@@H]1C)C(C(C)OCc1cccc([124I])c1)=C6C)C(C)=C5CCC(=O)O)C4=N3. The van der Waals surface area contributed by atoms with Gasteiger partial charge in [-0.05, 0) is 121 Å². The molecule has 8 bridgehead atoms. The van der Waals surface area contributed by atoms with E-state index in [1.165, 1.54) is 3.57 Å². The molecule has 7 rings (SSSR count). The quantitative estimate of drug-likeness (QED) is 0.229. The van der Waals surface area contributed by atoms with Gasteiger partial charge in [0.15, 0.2) is 0 Å². The highest BCUT2D eigenvalue weighted by molar-refractivity contribution is 14.1. The van der Waals surface area contributed by atoms with Crippen molar-refractivity contribution in [2.24, 2.45) is 26.8 Å². The number of allylic oxidation sites excluding steroid dienone is 11. The van der Waals surface area contributed by atoms with E-state index in [2.05, 4.69) is 86.0 Å². The topological polar surface area (TPSA) is 116 Å². The molecule has 8 nitrogen and oxygen atoms in total. The Bertz CT molecular complexity index is 2060. The summed E-state index contributed by atoms with van der Waals surface area (Å²) >= 11 is 2.33. The molecule has 6 aliphatic rings. The lowest BCUT2D eigenvalue weighted by Gasteiger charge is -2.17. The lowest BCUT2D eigenvalue weighted by atomic mass is 9.89. The fourth-order valence-electron chi connectivity index (χ4n) is 7.81. The first-order valence-electron chi connectivity index (χ1n) is 17.0. The fraction of sp³-hybridized carbons (Fsp3) is 0.350. The van der Waals surface area contributed by atoms with Gasteiger partial charge in [0, 0.05) is 56.4 Å². The van der Waals surface area contributed by atoms with Crippen LogP contribution in [0, 0.1) is 15.4 Å². The molecule has 1 unspecified atom stereocenters. The Morgan fingerprint density at radius 3 is 2.59 bits per heavy atom. The monoisotopic (exact) mass is 765 g/mol. The largest absolute Gasteiger partial charge is 0.511 e. The highest BCUT2D eigenvalue weighted by atomic mass is 124. The Hall–Kier alpha value is -4.09. The van der Waals surface area contributed by atoms with Gasteiger partial charge in [0.05, 0.1) is 46.9 Å². The van der Waals surface area contributed by atoms with Crippen LogP contribution in [0.15, 0.2) is 131 Å². The summed E-state index contributed by atoms with van der Waals surface area (Å²) in [4.78, 5) is 27.2. The smallest absolute Gasteiger partial charge is 0.303 e. The minimum atomic E-state index is -0.865. The Morgan fingerprint density at radius 2 is 1.86 bits per heavy atom. The predicted molar refractivity (Wildman–Crippen MR) is 202 cm³/mol. The zero-order chi connectivity index (χ0) is 34.7. The number of aliphatic hydroxyl groups excluding tert-OH is 1. The molecule has 49 heavy (non-hydrogen) atoms. The first-order chi connectivity index (χ1) is 23.4. The van der Waals surface area contributed by atoms with Gasteiger partial charge in [0.1, 0.15) is 5.76 Å². The van der Waals surface area contributed by atoms with Gasteiger partial charge in [-0.15, -0.1) is 0 Å². The summed E-state index contributed by atoms with van der Waals surface area (Å²) < 4.78 is 7.69. The van der Waals surface area contributed by atoms with Crippen LogP contribution in [-0.4, -0.2) is 39.4 Å². The maximum atomic E-state index is 11.7. The third-order valence-corrected chi connectivity index (χ3v) is 11.2. The van der Waals surface area contributed by atoms with Gasteiger partial charge in [0.2, 0.25) is 0 Å². The minimum Gasteiger partial charge on any atom is -0.511 e. The Balaban J connectivity index is 1.40. The van der Waals surface area contributed by atoms with E-state index >= 15 is 0 Å². The molecule has 0 radical (unpaired) electrons. The van der Waals surface area contributed by atoms with E-state index in [9.17, 15) is 15.0 Å². The third-order valence-electron chi connectivity index (χ3n) is 10.6. The van der Waals surface area contributed by atoms with Crippen LogP contribution in [0.5, 0.6) is 0 Å². The van der Waals surface area contributed by atoms with E-state index in [0.29, 0.717) is 25.1 Å². The van der Waals surface area contributed by atoms with Crippen molar-refractivity contribution >= 4 is 45.7 Å². The molecule has 3 N–H and O–H groups in total. The number of nitrogens with zero attached hydrogens (tertiary/aromatic N) is 3. The number of aliphatic hydroxyl groups is 1. The molecule has 0 spiro atoms. The second-order valence-corrected chi connectivity index (χ2v) is 14.8. The van der Waals surface area contributed by atoms with Crippen LogP contribution < -0.4 is 5.32 Å². The van der Waals surface area contributed by atoms with Crippen LogP contribution in [0.3, 0.4) is 0 Å². The molecule has 0 amide bonds. The molecule has 0 aromatic heterocycles. The molecule has 5 aliphatic heterocycles. The van der Waals surface area contributed by atoms with E-state index in [1.807, 2.05) is 26.0 Å². The number of aliphatic carboxylic acids is 1. The molecular formula is C40H41IN4O4. The van der Waals surface area contributed by atoms with Crippen LogP contribution >= 0.6 is 22.6 Å². The van der Waals surface area contributed by atoms with E-state index in [4.69, 9.17) is 19.7 Å². The number of ether oxygens (including phenoxy) is 1. The highest BCUT2D eigenvalue weighted by Gasteiger charge is 2.39. The van der Waals surface area contributed by atoms with E-state index in [-0.39, 0.29) is 30.1 Å². The zero-order valence-electron chi connectivity index (χ0n) is 28.7. The number of halogens is 1. The maximum absolute atomic E-state index is 11.7. The number of nitrogens with one attached hydrogen (secondary N) is 1. The molecule has 1 fully saturated rings. The zero-order valence-corrected chi connectivity index (χ0v) is 30.9. The summed E-state index contributed by atoms with van der Waals surface area (Å²) in [5.74, 6) is -0.0965. The highest BCUT2D eigenvalue weighted by Crippen LogP contribution is 2.45. The first kappa shape index (κ1) is 33.4. The number of hydrogen-bond donors (Lipinski definition) is 3. The fourth-order valence-corrected chi connectivity index (χ4v) is 8.42. The van der Waals surface area contributed by atoms with Crippen LogP contribution in [0.25, 0.3) is 0 Å². The number of carboxylic acid groups (broad SMARTS) is 1. The van der Waals surface area contributed by atoms with E-state index in [0.717, 1.165) is 90.9 Å². The number of carboxylic acids is 1. The van der Waals surface area contributed by atoms with Crippen molar-refractivity contribution in [1.82, 2.24) is 5.32 Å². The van der Waals surface area contributed by atoms with Gasteiger partial charge in [-0.1, -0.05) is 26.0 Å². The molecule has 9 heteroatoms. The van der Waals surface area contributed by atoms with Crippen LogP contribution in [0.1, 0.15) is 72.8 Å². The van der Waals surface area contributed by atoms with Crippen LogP contribution in [0.2, 0.25) is 0 Å². The van der Waals surface area contributed by atoms with Crippen LogP contribution in [-0.2, 0) is 16.1 Å². The summed E-state index contributed by atoms with van der Waals surface area (Å²) in [6.45, 7) is 13.1. The maximum Gasteiger partial charge on any atom is 0.303 e. The molecule has 1 aromatic carbocycles. The summed E-state index contributed by atoms with van der Waals surface area (Å²) in [5.41, 5.74) is 14.4. The van der Waals surface area contributed by atoms with Crippen molar-refractivity contribution in [3.05, 3.63) is 125 Å². The predicted octanol–water partition coefficient (Wildman–Crippen LogP) is 8.73. The standard InChI is InChI=1S/C40H41IN4O4/c1-7-26-19(2)29-17-34-37(23(6)49-18-24-9-8-10-25(41)13-24)21(4)31(43-34)15-30-20(3)27(11-12-36(47)48)39(44-30)28-14-35(46)38-22(5)32(45-40(28)38)16-33(26)42-29/h8-10,13,15-17,19,23,26,42,46H,7,11-12,14,18H2,1-6H3,(H,47,48)/t19-,23?,26-/m1/s1/i41-3. The third kappa shape index (κ3) is 5.94. The lowest BCUT2D eigenvalue weighted by Crippen LogP contribution is -2.18. The lowest BCUT2D eigenvalue weighted by molar-refractivity contribution is -0.136. The van der Waals surface area contributed by atoms with Crippen molar-refractivity contribution in [2.45, 2.75) is 79.9 Å². The normalized spacial score (nSPS) is 23.6. The molecule has 1 aliphatic carbocycles. The van der Waals surface area contributed by atoms with Gasteiger partial charge < -0.3 is 20.3 Å². The molecular weight excluding hydrogens is 724 g/mol. The van der Waals surface area contributed by atoms with Crippen molar-refractivity contribution in [1.29, 1.82) is 0 Å². The molecule has 3 atom stereocenters. The molecule has 1 aromatic rings. The van der Waals surface area contributed by atoms with Gasteiger partial charge in [0.25, 0.3) is 0 Å². The van der Waals surface area contributed by atoms with Crippen molar-refractivity contribution in [3.63, 3.8) is 0 Å². The number of rotatable bonds is 8. The number of aliphatic imine (C=N–C) groups is 3. The van der Waals surface area contributed by atoms with Gasteiger partial charge in [-0.2, -0.15) is 0 Å². The van der Waals surface area contributed by atoms with Gasteiger partial charge >= 0.3 is 5.97 Å². The number of benzene rings is 1. The van der Waals surface area contributed by atoms with E-state index in [1.54, 1.807) is 0 Å². The summed E-state index contributed by atoms with van der Waals surface area (Å²) in [6, 6.07) is 8.35. The van der Waals surface area contributed by atoms with E-state index < -0.39 is 5.97 Å². The molecule has 0 saturated carbocycles. The van der Waals surface area contributed by atoms with Crippen molar-refractivity contribution in [3.8, 4) is 0 Å². The molecule has 252 valence electrons. The second-order valence-electron chi connectivity index (χ2n) is 13.6. The Morgan fingerprint density at radius 1 is 1.06 bits per heavy atom. The molecule has 5 heterocycles. The Labute approximate surface area is 301 Å². The van der Waals surface area contributed by atoms with Gasteiger partial charge in [-0.3, -0.25) is 4.79 Å². The molecule has 1 saturated heterocycles. The summed E-state index contributed by atoms with van der Waals surface area (Å²) in [7, 11) is 0. The van der Waals surface area contributed by atoms with Crippen LogP contribution in [0.4, 0.5) is 0 Å². The van der Waals surface area contributed by atoms with Crippen molar-refractivity contribution < 1.29 is 19.7 Å². The minimum absolute atomic E-state index is 0.0211. The number of hydrogen-bond acceptors (Lipinski definition) is 7. The average Bonchev–Trinajstić information content (AvgIpc) is 3.81. The summed E-state index contributed by atoms with van der Waals surface area (Å²) in [6.07, 6.45) is 7.66. The average molecular weight is 766 g/mol. The second kappa shape index (κ2) is 13.0. The Kier molecular flexibility index (Phi) is 8.85. The van der Waals surface area contributed by atoms with Gasteiger partial charge in [-0.25, -0.2) is 15.0 Å². The number of fused-ring (bicyclic) bond motifs is 5. The van der Waals surface area contributed by atoms with Crippen molar-refractivity contribution in [2.75, 3.05) is 0 Å². The first-order valence-corrected chi connectivity index (χ1v) is 18.1. The number of carbonyl (C=O) groups is 1. The summed E-state index contributed by atoms with van der Waals surface area (Å²) in [5, 5.41) is 24.6.